The van der Waals surface area contributed by atoms with Gasteiger partial charge in [-0.1, -0.05) is 43.3 Å². The molecule has 26 heavy (non-hydrogen) atoms. The smallest absolute Gasteiger partial charge is 0.254 e. The van der Waals surface area contributed by atoms with Crippen LogP contribution < -0.4 is 0 Å². The summed E-state index contributed by atoms with van der Waals surface area (Å²) in [7, 11) is 1.82. The molecule has 0 aliphatic rings. The summed E-state index contributed by atoms with van der Waals surface area (Å²) in [5.41, 5.74) is 2.50. The lowest BCUT2D eigenvalue weighted by molar-refractivity contribution is 0.0752. The molecular formula is C21H21N3OS. The highest BCUT2D eigenvalue weighted by Gasteiger charge is 2.25. The lowest BCUT2D eigenvalue weighted by atomic mass is 10.0. The minimum atomic E-state index is -0.250. The normalized spacial score (nSPS) is 11.8. The SMILES string of the molecule is CCSc1cc(C(=O)N(C)C(c2ccccc2)c2ccccn2)ccn1. The van der Waals surface area contributed by atoms with E-state index in [1.165, 1.54) is 0 Å². The van der Waals surface area contributed by atoms with Gasteiger partial charge in [-0.15, -0.1) is 11.8 Å². The molecule has 4 nitrogen and oxygen atoms in total. The minimum absolute atomic E-state index is 0.0511. The van der Waals surface area contributed by atoms with E-state index in [9.17, 15) is 4.79 Å². The van der Waals surface area contributed by atoms with Gasteiger partial charge in [-0.3, -0.25) is 9.78 Å². The van der Waals surface area contributed by atoms with E-state index in [0.29, 0.717) is 5.56 Å². The largest absolute Gasteiger partial charge is 0.329 e. The molecular weight excluding hydrogens is 342 g/mol. The number of pyridine rings is 2. The second-order valence-electron chi connectivity index (χ2n) is 5.80. The number of amides is 1. The van der Waals surface area contributed by atoms with Crippen LogP contribution in [0, 0.1) is 0 Å². The van der Waals surface area contributed by atoms with Crippen molar-refractivity contribution in [2.75, 3.05) is 12.8 Å². The second-order valence-corrected chi connectivity index (χ2v) is 7.08. The van der Waals surface area contributed by atoms with Crippen LogP contribution in [0.15, 0.2) is 78.1 Å². The molecule has 3 rings (SSSR count). The zero-order chi connectivity index (χ0) is 18.4. The van der Waals surface area contributed by atoms with Crippen molar-refractivity contribution in [1.82, 2.24) is 14.9 Å². The third kappa shape index (κ3) is 4.11. The first-order valence-corrected chi connectivity index (χ1v) is 9.51. The van der Waals surface area contributed by atoms with Crippen LogP contribution in [0.2, 0.25) is 0 Å². The molecule has 0 fully saturated rings. The Kier molecular flexibility index (Phi) is 6.02. The van der Waals surface area contributed by atoms with Crippen LogP contribution in [-0.4, -0.2) is 33.6 Å². The molecule has 2 heterocycles. The van der Waals surface area contributed by atoms with E-state index in [2.05, 4.69) is 16.9 Å². The Labute approximate surface area is 158 Å². The quantitative estimate of drug-likeness (QED) is 0.607. The average Bonchev–Trinajstić information content (AvgIpc) is 2.70. The molecule has 0 radical (unpaired) electrons. The first kappa shape index (κ1) is 18.1. The first-order chi connectivity index (χ1) is 12.7. The van der Waals surface area contributed by atoms with Gasteiger partial charge >= 0.3 is 0 Å². The summed E-state index contributed by atoms with van der Waals surface area (Å²) in [5.74, 6) is 0.867. The van der Waals surface area contributed by atoms with Crippen LogP contribution in [0.25, 0.3) is 0 Å². The van der Waals surface area contributed by atoms with E-state index in [-0.39, 0.29) is 11.9 Å². The van der Waals surface area contributed by atoms with Crippen molar-refractivity contribution in [1.29, 1.82) is 0 Å². The number of thioether (sulfide) groups is 1. The predicted molar refractivity (Wildman–Crippen MR) is 105 cm³/mol. The van der Waals surface area contributed by atoms with Gasteiger partial charge in [0.1, 0.15) is 0 Å². The van der Waals surface area contributed by atoms with Crippen LogP contribution in [0.5, 0.6) is 0 Å². The van der Waals surface area contributed by atoms with Crippen LogP contribution in [0.1, 0.15) is 34.6 Å². The highest BCUT2D eigenvalue weighted by Crippen LogP contribution is 2.28. The molecule has 0 saturated heterocycles. The van der Waals surface area contributed by atoms with Gasteiger partial charge in [0.2, 0.25) is 0 Å². The summed E-state index contributed by atoms with van der Waals surface area (Å²) >= 11 is 1.63. The maximum Gasteiger partial charge on any atom is 0.254 e. The summed E-state index contributed by atoms with van der Waals surface area (Å²) in [5, 5.41) is 0.862. The highest BCUT2D eigenvalue weighted by atomic mass is 32.2. The average molecular weight is 363 g/mol. The fourth-order valence-corrected chi connectivity index (χ4v) is 3.50. The molecule has 0 N–H and O–H groups in total. The molecule has 3 aromatic rings. The summed E-state index contributed by atoms with van der Waals surface area (Å²) in [4.78, 5) is 23.7. The zero-order valence-corrected chi connectivity index (χ0v) is 15.7. The number of rotatable bonds is 6. The number of hydrogen-bond donors (Lipinski definition) is 0. The van der Waals surface area contributed by atoms with Crippen molar-refractivity contribution in [3.8, 4) is 0 Å². The number of aromatic nitrogens is 2. The Bertz CT molecular complexity index is 816. The number of benzene rings is 1. The van der Waals surface area contributed by atoms with Crippen molar-refractivity contribution >= 4 is 17.7 Å². The summed E-state index contributed by atoms with van der Waals surface area (Å²) in [6.07, 6.45) is 3.45. The number of hydrogen-bond acceptors (Lipinski definition) is 4. The van der Waals surface area contributed by atoms with Crippen molar-refractivity contribution in [2.45, 2.75) is 18.0 Å². The van der Waals surface area contributed by atoms with E-state index in [0.717, 1.165) is 22.0 Å². The number of carbonyl (C=O) groups excluding carboxylic acids is 1. The molecule has 2 aromatic heterocycles. The van der Waals surface area contributed by atoms with E-state index in [1.54, 1.807) is 35.1 Å². The molecule has 0 bridgehead atoms. The number of nitrogens with zero attached hydrogens (tertiary/aromatic N) is 3. The Hall–Kier alpha value is -2.66. The maximum atomic E-state index is 13.2. The van der Waals surface area contributed by atoms with Crippen LogP contribution in [0.4, 0.5) is 0 Å². The van der Waals surface area contributed by atoms with Gasteiger partial charge in [-0.05, 0) is 35.6 Å². The standard InChI is InChI=1S/C21H21N3OS/c1-3-26-19-15-17(12-14-23-19)21(25)24(2)20(16-9-5-4-6-10-16)18-11-7-8-13-22-18/h4-15,20H,3H2,1-2H3. The van der Waals surface area contributed by atoms with Crippen molar-refractivity contribution in [3.63, 3.8) is 0 Å². The van der Waals surface area contributed by atoms with E-state index < -0.39 is 0 Å². The van der Waals surface area contributed by atoms with Crippen LogP contribution in [-0.2, 0) is 0 Å². The molecule has 5 heteroatoms. The number of carbonyl (C=O) groups is 1. The topological polar surface area (TPSA) is 46.1 Å². The zero-order valence-electron chi connectivity index (χ0n) is 14.9. The summed E-state index contributed by atoms with van der Waals surface area (Å²) in [6.45, 7) is 2.07. The Morgan fingerprint density at radius 1 is 1.04 bits per heavy atom. The van der Waals surface area contributed by atoms with Crippen LogP contribution >= 0.6 is 11.8 Å². The molecule has 0 spiro atoms. The predicted octanol–water partition coefficient (Wildman–Crippen LogP) is 4.45. The van der Waals surface area contributed by atoms with E-state index in [4.69, 9.17) is 0 Å². The Balaban J connectivity index is 1.96. The van der Waals surface area contributed by atoms with Crippen molar-refractivity contribution in [3.05, 3.63) is 89.9 Å². The lowest BCUT2D eigenvalue weighted by Gasteiger charge is -2.28. The fraction of sp³-hybridized carbons (Fsp3) is 0.190. The first-order valence-electron chi connectivity index (χ1n) is 8.52. The second kappa shape index (κ2) is 8.63. The highest BCUT2D eigenvalue weighted by molar-refractivity contribution is 7.99. The van der Waals surface area contributed by atoms with Gasteiger partial charge in [-0.2, -0.15) is 0 Å². The molecule has 0 saturated carbocycles. The molecule has 1 aromatic carbocycles. The van der Waals surface area contributed by atoms with Crippen molar-refractivity contribution < 1.29 is 4.79 Å². The Morgan fingerprint density at radius 2 is 1.81 bits per heavy atom. The molecule has 0 aliphatic heterocycles. The van der Waals surface area contributed by atoms with Gasteiger partial charge in [0.15, 0.2) is 0 Å². The minimum Gasteiger partial charge on any atom is -0.329 e. The fourth-order valence-electron chi connectivity index (χ4n) is 2.86. The molecule has 1 unspecified atom stereocenters. The molecule has 1 atom stereocenters. The summed E-state index contributed by atoms with van der Waals surface area (Å²) < 4.78 is 0. The molecule has 0 aliphatic carbocycles. The van der Waals surface area contributed by atoms with Crippen molar-refractivity contribution in [2.24, 2.45) is 0 Å². The molecule has 132 valence electrons. The van der Waals surface area contributed by atoms with Gasteiger partial charge < -0.3 is 4.90 Å². The maximum absolute atomic E-state index is 13.2. The molecule has 1 amide bonds. The van der Waals surface area contributed by atoms with Gasteiger partial charge in [0.25, 0.3) is 5.91 Å². The Morgan fingerprint density at radius 3 is 2.50 bits per heavy atom. The van der Waals surface area contributed by atoms with E-state index in [1.807, 2.05) is 61.6 Å². The third-order valence-electron chi connectivity index (χ3n) is 4.06. The third-order valence-corrected chi connectivity index (χ3v) is 4.87. The summed E-state index contributed by atoms with van der Waals surface area (Å²) in [6, 6.07) is 19.1. The van der Waals surface area contributed by atoms with Gasteiger partial charge in [-0.25, -0.2) is 4.98 Å². The van der Waals surface area contributed by atoms with Crippen LogP contribution in [0.3, 0.4) is 0 Å². The van der Waals surface area contributed by atoms with E-state index >= 15 is 0 Å². The monoisotopic (exact) mass is 363 g/mol. The van der Waals surface area contributed by atoms with Gasteiger partial charge in [0, 0.05) is 25.0 Å². The van der Waals surface area contributed by atoms with Gasteiger partial charge in [0.05, 0.1) is 16.8 Å². The lowest BCUT2D eigenvalue weighted by Crippen LogP contribution is -2.32.